The largest absolute Gasteiger partial charge is 0.486 e. The van der Waals surface area contributed by atoms with Gasteiger partial charge in [0.2, 0.25) is 5.71 Å². The fourth-order valence-electron chi connectivity index (χ4n) is 9.62. The summed E-state index contributed by atoms with van der Waals surface area (Å²) in [5, 5.41) is 4.90. The number of nitrogens with zero attached hydrogens (tertiary/aromatic N) is 4. The Morgan fingerprint density at radius 1 is 0.644 bits per heavy atom. The van der Waals surface area contributed by atoms with Crippen LogP contribution in [0.1, 0.15) is 29.1 Å². The minimum atomic E-state index is -1.70. The molecule has 12 rings (SSSR count). The number of pyridine rings is 2. The van der Waals surface area contributed by atoms with Gasteiger partial charge in [0.05, 0.1) is 41.9 Å². The maximum absolute atomic E-state index is 13.9. The van der Waals surface area contributed by atoms with Gasteiger partial charge in [-0.2, -0.15) is 0 Å². The van der Waals surface area contributed by atoms with Crippen molar-refractivity contribution in [3.05, 3.63) is 224 Å². The van der Waals surface area contributed by atoms with Crippen LogP contribution in [0.15, 0.2) is 205 Å². The van der Waals surface area contributed by atoms with E-state index in [9.17, 15) is 4.39 Å². The summed E-state index contributed by atoms with van der Waals surface area (Å²) in [4.78, 5) is 15.0. The van der Waals surface area contributed by atoms with Gasteiger partial charge in [-0.1, -0.05) is 178 Å². The quantitative estimate of drug-likeness (QED) is 0.112. The molecule has 0 saturated carbocycles. The second-order valence-electron chi connectivity index (χ2n) is 20.1. The van der Waals surface area contributed by atoms with Crippen LogP contribution in [0.3, 0.4) is 0 Å². The van der Waals surface area contributed by atoms with Crippen LogP contribution in [0.5, 0.6) is 0 Å². The van der Waals surface area contributed by atoms with Gasteiger partial charge in [0.1, 0.15) is 5.82 Å². The smallest absolute Gasteiger partial charge is 0.217 e. The average Bonchev–Trinajstić information content (AvgIpc) is 4.01. The number of aromatic nitrogens is 4. The molecule has 0 fully saturated rings. The van der Waals surface area contributed by atoms with Gasteiger partial charge in [-0.3, -0.25) is 4.98 Å². The molecule has 0 aliphatic carbocycles. The molecule has 0 atom stereocenters. The number of rotatable bonds is 8. The Balaban J connectivity index is 0.000000226. The average molecular weight is 1150 g/mol. The number of hydrogen-bond acceptors (Lipinski definition) is 4. The standard InChI is InChI=1S/C46H27FN3O.C19H26NSi.Ir/c47-32-27-25-31(26-28-32)42-36-18-8-7-17-35(36)41-37-21-12-22-38(44(37)51-46(41)49-42)45-48-39-23-9-10-24-40(39)50(45)43-33(29-13-3-1-4-14-29)19-11-20-34(43)30-15-5-2-6-16-30;1-19(2,3)13-16-12-17(15-10-8-7-9-11-15)20-14-18(16)21(4,5)6;/h1-21,23-28H;7-10,12,14H,13H2,1-6H3;/q2*-1;/i;13D2;. The molecular formula is C65H53FIrN4OSi-2. The van der Waals surface area contributed by atoms with Crippen molar-refractivity contribution in [3.63, 3.8) is 0 Å². The first-order valence-electron chi connectivity index (χ1n) is 25.3. The maximum atomic E-state index is 13.9. The Labute approximate surface area is 443 Å². The topological polar surface area (TPSA) is 56.7 Å². The zero-order valence-electron chi connectivity index (χ0n) is 43.5. The van der Waals surface area contributed by atoms with Crippen LogP contribution in [-0.2, 0) is 26.5 Å². The van der Waals surface area contributed by atoms with Crippen molar-refractivity contribution in [1.82, 2.24) is 19.5 Å². The van der Waals surface area contributed by atoms with Crippen molar-refractivity contribution in [2.45, 2.75) is 46.8 Å². The van der Waals surface area contributed by atoms with E-state index in [1.165, 1.54) is 12.1 Å². The summed E-state index contributed by atoms with van der Waals surface area (Å²) in [6.07, 6.45) is 0.469. The molecule has 8 aromatic carbocycles. The molecule has 0 spiro atoms. The minimum Gasteiger partial charge on any atom is -0.486 e. The summed E-state index contributed by atoms with van der Waals surface area (Å²) in [7, 11) is -1.70. The van der Waals surface area contributed by atoms with E-state index >= 15 is 0 Å². The molecule has 0 amide bonds. The van der Waals surface area contributed by atoms with E-state index in [-0.39, 0.29) is 25.9 Å². The van der Waals surface area contributed by atoms with Crippen LogP contribution in [0.25, 0.3) is 106 Å². The van der Waals surface area contributed by atoms with Crippen molar-refractivity contribution >= 4 is 57.1 Å². The van der Waals surface area contributed by atoms with Crippen molar-refractivity contribution in [2.75, 3.05) is 0 Å². The SMILES string of the molecule is Fc1ccc(-c2nc3oc4c(-c5nc6ccccc6n5-c5c(-c6ccccc6)cccc5-c5ccccc5)[c-]ccc4c3c3ccccc23)cc1.[2H]C([2H])(c1cc(-c2[c-]cccc2)ncc1[Si](C)(C)C)C(C)(C)C.[Ir]. The number of benzene rings is 8. The van der Waals surface area contributed by atoms with Crippen LogP contribution in [0.4, 0.5) is 4.39 Å². The first-order valence-corrected chi connectivity index (χ1v) is 27.8. The Kier molecular flexibility index (Phi) is 12.8. The number of fused-ring (bicyclic) bond motifs is 6. The van der Waals surface area contributed by atoms with Gasteiger partial charge in [0.15, 0.2) is 0 Å². The van der Waals surface area contributed by atoms with E-state index in [2.05, 4.69) is 132 Å². The minimum absolute atomic E-state index is 0. The van der Waals surface area contributed by atoms with Crippen LogP contribution in [0, 0.1) is 23.4 Å². The molecule has 4 heterocycles. The first kappa shape index (κ1) is 46.5. The van der Waals surface area contributed by atoms with Crippen molar-refractivity contribution in [3.8, 4) is 61.8 Å². The van der Waals surface area contributed by atoms with E-state index in [1.54, 1.807) is 12.1 Å². The third kappa shape index (κ3) is 9.74. The molecule has 5 nitrogen and oxygen atoms in total. The maximum Gasteiger partial charge on any atom is 0.217 e. The molecule has 12 aromatic rings. The van der Waals surface area contributed by atoms with Crippen molar-refractivity contribution < 1.29 is 31.7 Å². The summed E-state index contributed by atoms with van der Waals surface area (Å²) in [5.74, 6) is 0.421. The Bertz CT molecular complexity index is 3960. The van der Waals surface area contributed by atoms with Gasteiger partial charge in [-0.15, -0.1) is 54.1 Å². The summed E-state index contributed by atoms with van der Waals surface area (Å²) < 4.78 is 40.5. The molecule has 0 aliphatic rings. The van der Waals surface area contributed by atoms with Crippen LogP contribution in [0.2, 0.25) is 19.6 Å². The van der Waals surface area contributed by atoms with E-state index < -0.39 is 19.9 Å². The van der Waals surface area contributed by atoms with Gasteiger partial charge in [0, 0.05) is 56.5 Å². The van der Waals surface area contributed by atoms with Crippen molar-refractivity contribution in [2.24, 2.45) is 5.41 Å². The van der Waals surface area contributed by atoms with Crippen LogP contribution < -0.4 is 5.19 Å². The monoisotopic (exact) mass is 1150 g/mol. The summed E-state index contributed by atoms with van der Waals surface area (Å²) in [6, 6.07) is 70.6. The van der Waals surface area contributed by atoms with Gasteiger partial charge < -0.3 is 14.0 Å². The second-order valence-corrected chi connectivity index (χ2v) is 25.1. The Morgan fingerprint density at radius 3 is 1.95 bits per heavy atom. The fourth-order valence-corrected chi connectivity index (χ4v) is 11.0. The Hall–Kier alpha value is -7.61. The zero-order chi connectivity index (χ0) is 51.4. The number of furan rings is 1. The van der Waals surface area contributed by atoms with E-state index in [1.807, 2.05) is 106 Å². The predicted molar refractivity (Wildman–Crippen MR) is 299 cm³/mol. The normalized spacial score (nSPS) is 12.3. The van der Waals surface area contributed by atoms with E-state index in [0.717, 1.165) is 99.3 Å². The van der Waals surface area contributed by atoms with Crippen molar-refractivity contribution in [1.29, 1.82) is 0 Å². The van der Waals surface area contributed by atoms with Gasteiger partial charge in [0.25, 0.3) is 0 Å². The predicted octanol–water partition coefficient (Wildman–Crippen LogP) is 16.8. The number of hydrogen-bond donors (Lipinski definition) is 0. The molecule has 361 valence electrons. The fraction of sp³-hybridized carbons (Fsp3) is 0.123. The van der Waals surface area contributed by atoms with Gasteiger partial charge in [-0.25, -0.2) is 9.37 Å². The molecule has 0 bridgehead atoms. The summed E-state index contributed by atoms with van der Waals surface area (Å²) >= 11 is 0. The molecule has 73 heavy (non-hydrogen) atoms. The summed E-state index contributed by atoms with van der Waals surface area (Å²) in [5.41, 5.74) is 12.6. The van der Waals surface area contributed by atoms with Crippen LogP contribution >= 0.6 is 0 Å². The molecule has 4 aromatic heterocycles. The molecule has 8 heteroatoms. The molecule has 0 saturated heterocycles. The molecule has 0 N–H and O–H groups in total. The molecule has 1 radical (unpaired) electrons. The number of imidazole rings is 1. The third-order valence-corrected chi connectivity index (χ3v) is 14.8. The number of halogens is 1. The molecular weight excluding hydrogens is 1090 g/mol. The summed E-state index contributed by atoms with van der Waals surface area (Å²) in [6.45, 7) is 12.6. The number of para-hydroxylation sites is 3. The Morgan fingerprint density at radius 2 is 1.29 bits per heavy atom. The third-order valence-electron chi connectivity index (χ3n) is 12.8. The van der Waals surface area contributed by atoms with Gasteiger partial charge >= 0.3 is 0 Å². The second kappa shape index (κ2) is 20.1. The van der Waals surface area contributed by atoms with Gasteiger partial charge in [-0.05, 0) is 75.6 Å². The van der Waals surface area contributed by atoms with Crippen LogP contribution in [-0.4, -0.2) is 27.6 Å². The van der Waals surface area contributed by atoms with E-state index in [4.69, 9.17) is 17.1 Å². The molecule has 0 unspecified atom stereocenters. The molecule has 0 aliphatic heterocycles. The zero-order valence-corrected chi connectivity index (χ0v) is 44.9. The first-order chi connectivity index (χ1) is 35.7. The van der Waals surface area contributed by atoms with E-state index in [0.29, 0.717) is 17.1 Å².